The predicted molar refractivity (Wildman–Crippen MR) is 500 cm³/mol. The smallest absolute Gasteiger partial charge is 0.408 e. The summed E-state index contributed by atoms with van der Waals surface area (Å²) in [5, 5.41) is 8.66. The zero-order valence-electron chi connectivity index (χ0n) is 82.4. The molecule has 137 heavy (non-hydrogen) atoms. The monoisotopic (exact) mass is 1990 g/mol. The molecule has 3 saturated heterocycles. The first-order valence-electron chi connectivity index (χ1n) is 49.6. The molecule has 13 aliphatic rings. The normalized spacial score (nSPS) is 31.5. The first-order chi connectivity index (χ1) is 64.0. The molecular weight excluding hydrogens is 1860 g/mol. The molecule has 9 heterocycles. The molecule has 3 N–H and O–H groups in total. The van der Waals surface area contributed by atoms with E-state index in [2.05, 4.69) is 34.8 Å². The molecule has 6 aliphatic heterocycles. The van der Waals surface area contributed by atoms with Crippen molar-refractivity contribution in [2.24, 2.45) is 63.6 Å². The summed E-state index contributed by atoms with van der Waals surface area (Å²) >= 11 is 0. The van der Waals surface area contributed by atoms with Crippen LogP contribution < -0.4 is 44.4 Å². The number of hydrogen-bond donors (Lipinski definition) is 3. The summed E-state index contributed by atoms with van der Waals surface area (Å²) in [6.45, 7) is 25.5. The molecule has 6 aromatic rings. The van der Waals surface area contributed by atoms with E-state index in [0.717, 1.165) is 181 Å². The van der Waals surface area contributed by atoms with Crippen molar-refractivity contribution >= 4 is 88.0 Å². The Morgan fingerprint density at radius 1 is 0.401 bits per heavy atom. The number of rotatable bonds is 8. The second-order valence-electron chi connectivity index (χ2n) is 44.5. The SMILES string of the molecule is CC[C@@H]1[C@@H]2CN(C(=O)[C@H](C(C)(C)C)NC(=O)O[C@@H]3CC4CC4[C@H]3CCCCC3(CC3)c3nc4ccc(OC)cc4nc3O2)[C@@H]1[C-]=O.CC[C@@H]1[C@@H]2CN(C(=O)[C@H](C(C)(C)C)NC(=O)O[C@]3(C)CCC[C@H]3CCCCC3(CC3)c3nc4ccc(OC)cc4nc3O2)[C@@H]1[C-]=O.COc1ccc2nc3c(nc2c1)O[C@H]1CN(C(=O)[C@H](C(C)(C)C)NC(=O)O[C@@H]2C[C@H]2CCCCC32CC2)[C@H]([C-]=O)[C@@H]1C.[V].[V].[V]. The van der Waals surface area contributed by atoms with E-state index in [9.17, 15) is 43.2 Å². The summed E-state index contributed by atoms with van der Waals surface area (Å²) in [4.78, 5) is 155. The van der Waals surface area contributed by atoms with E-state index in [-0.39, 0.29) is 145 Å². The fraction of sp³-hybridized carbons (Fsp3) is 0.683. The van der Waals surface area contributed by atoms with Gasteiger partial charge >= 0.3 is 18.3 Å². The van der Waals surface area contributed by atoms with Gasteiger partial charge in [-0.1, -0.05) is 153 Å². The average molecular weight is 2000 g/mol. The van der Waals surface area contributed by atoms with Crippen LogP contribution in [0.1, 0.15) is 274 Å². The molecule has 739 valence electrons. The molecule has 33 heteroatoms. The fourth-order valence-electron chi connectivity index (χ4n) is 23.4. The van der Waals surface area contributed by atoms with Gasteiger partial charge in [0.05, 0.1) is 74.1 Å². The van der Waals surface area contributed by atoms with E-state index in [1.54, 1.807) is 26.2 Å². The predicted octanol–water partition coefficient (Wildman–Crippen LogP) is 16.0. The number of amides is 6. The zero-order valence-corrected chi connectivity index (χ0v) is 86.6. The van der Waals surface area contributed by atoms with Gasteiger partial charge < -0.3 is 87.7 Å². The van der Waals surface area contributed by atoms with E-state index >= 15 is 0 Å². The molecule has 3 radical (unpaired) electrons. The third-order valence-electron chi connectivity index (χ3n) is 32.4. The van der Waals surface area contributed by atoms with Crippen molar-refractivity contribution in [1.82, 2.24) is 60.6 Å². The number of alkyl carbamates (subject to hydrolysis) is 3. The number of fused-ring (bicyclic) bond motifs is 20. The standard InChI is InChI=1S/C36H47N4O6.C36H49N4O6.C32H41N4O6.3V/c1-6-22-27(19-41)40-18-29(22)45-32-30(37-25-11-10-21(44-5)17-26(25)38-32)36(13-14-36)12-8-7-9-23-24-15-20(24)16-28(23)46-34(43)39-31(33(40)42)35(2,3)4;1-7-24-27(21-41)40-20-28(24)45-31-29(37-25-14-13-23(44-6)19-26(25)38-31)36(17-18-36)16-9-8-11-22-12-10-15-35(22,5)46-33(43)39-30(32(40)42)34(2,3)4;1-18-23(17-37)36-16-25(18)41-28-26(33-21-10-9-20(40-5)15-22(21)34-28)32(12-13-32)11-7-6-8-19-14-24(19)42-30(39)35-27(29(36)38)31(2,3)4;;;/h10-11,17,20,22-24,27-29,31H,6-9,12-16,18H2,1-5H3,(H,39,43);13-14,19,22,24,27-28,30H,7-12,15-18,20H2,1-6H3,(H,39,43);9-10,15,18-19,23-25,27H,6-8,11-14,16H2,1-5H3,(H,35,39);;;/q3*-1;;;/t20?,22-,23+,24?,27+,28+,29-,31+;22-,24+,27-,28+,30-,35-;18-,19+,23+,24+,25-,27+;;;/m010.../s1. The van der Waals surface area contributed by atoms with Crippen molar-refractivity contribution in [1.29, 1.82) is 0 Å². The number of aromatic nitrogens is 6. The number of hydrogen-bond acceptors (Lipinski definition) is 24. The van der Waals surface area contributed by atoms with Crippen LogP contribution in [0.5, 0.6) is 34.9 Å². The maximum atomic E-state index is 14.3. The van der Waals surface area contributed by atoms with Crippen molar-refractivity contribution in [3.8, 4) is 34.9 Å². The van der Waals surface area contributed by atoms with E-state index in [0.29, 0.717) is 88.0 Å². The number of carbonyl (C=O) groups excluding carboxylic acids is 9. The van der Waals surface area contributed by atoms with E-state index in [4.69, 9.17) is 72.5 Å². The van der Waals surface area contributed by atoms with Crippen LogP contribution in [-0.2, 0) is 115 Å². The molecule has 7 saturated carbocycles. The molecule has 3 aromatic heterocycles. The summed E-state index contributed by atoms with van der Waals surface area (Å²) in [5.74, 6) is 3.68. The summed E-state index contributed by atoms with van der Waals surface area (Å²) in [6.07, 6.45) is 28.1. The van der Waals surface area contributed by atoms with Gasteiger partial charge in [0.25, 0.3) is 0 Å². The minimum absolute atomic E-state index is 0. The molecular formula is C104H137N12O18V3-3. The van der Waals surface area contributed by atoms with Gasteiger partial charge in [0.2, 0.25) is 35.4 Å². The fourth-order valence-corrected chi connectivity index (χ4v) is 23.4. The third kappa shape index (κ3) is 21.8. The summed E-state index contributed by atoms with van der Waals surface area (Å²) < 4.78 is 54.5. The summed E-state index contributed by atoms with van der Waals surface area (Å²) in [6, 6.07) is 11.9. The molecule has 3 aromatic carbocycles. The minimum atomic E-state index is -0.910. The van der Waals surface area contributed by atoms with Crippen molar-refractivity contribution in [2.45, 2.75) is 346 Å². The van der Waals surface area contributed by atoms with Gasteiger partial charge in [-0.05, 0) is 222 Å². The summed E-state index contributed by atoms with van der Waals surface area (Å²) in [7, 11) is 4.86. The van der Waals surface area contributed by atoms with Crippen LogP contribution in [0.15, 0.2) is 54.6 Å². The number of benzene rings is 3. The first kappa shape index (κ1) is 104. The van der Waals surface area contributed by atoms with Gasteiger partial charge in [-0.25, -0.2) is 63.1 Å². The van der Waals surface area contributed by atoms with Gasteiger partial charge in [0.1, 0.15) is 88.6 Å². The molecule has 19 rings (SSSR count). The maximum absolute atomic E-state index is 14.3. The molecule has 10 fully saturated rings. The Kier molecular flexibility index (Phi) is 31.6. The van der Waals surface area contributed by atoms with Crippen LogP contribution >= 0.6 is 0 Å². The molecule has 20 atom stereocenters. The molecule has 6 amide bonds. The Balaban J connectivity index is 0.000000163. The van der Waals surface area contributed by atoms with E-state index in [1.807, 2.05) is 145 Å². The van der Waals surface area contributed by atoms with Crippen molar-refractivity contribution in [2.75, 3.05) is 41.0 Å². The van der Waals surface area contributed by atoms with Crippen LogP contribution in [0.3, 0.4) is 0 Å². The number of carbonyl (C=O) groups is 6. The number of nitrogens with zero attached hydrogens (tertiary/aromatic N) is 9. The molecule has 2 unspecified atom stereocenters. The third-order valence-corrected chi connectivity index (χ3v) is 32.4. The van der Waals surface area contributed by atoms with Crippen LogP contribution in [0.2, 0.25) is 0 Å². The average Bonchev–Trinajstić information content (AvgIpc) is 1.56. The number of methoxy groups -OCH3 is 3. The van der Waals surface area contributed by atoms with Crippen LogP contribution in [0, 0.1) is 63.6 Å². The largest absolute Gasteiger partial charge is 0.540 e. The van der Waals surface area contributed by atoms with Gasteiger partial charge in [-0.2, -0.15) is 0 Å². The number of ether oxygens (including phenoxy) is 9. The quantitative estimate of drug-likeness (QED) is 0.0941. The Labute approximate surface area is 840 Å². The molecule has 3 spiro atoms. The maximum Gasteiger partial charge on any atom is 0.408 e. The van der Waals surface area contributed by atoms with Crippen LogP contribution in [0.4, 0.5) is 14.4 Å². The topological polar surface area (TPSA) is 360 Å². The van der Waals surface area contributed by atoms with Crippen molar-refractivity contribution in [3.05, 3.63) is 71.7 Å². The Bertz CT molecular complexity index is 5330. The van der Waals surface area contributed by atoms with Gasteiger partial charge in [-0.3, -0.25) is 14.4 Å². The van der Waals surface area contributed by atoms with E-state index < -0.39 is 94.7 Å². The van der Waals surface area contributed by atoms with Crippen LogP contribution in [0.25, 0.3) is 33.1 Å². The second kappa shape index (κ2) is 41.6. The van der Waals surface area contributed by atoms with Gasteiger partial charge in [0, 0.05) is 90.1 Å². The Morgan fingerprint density at radius 2 is 0.766 bits per heavy atom. The molecule has 6 bridgehead atoms. The zero-order chi connectivity index (χ0) is 95.0. The minimum Gasteiger partial charge on any atom is -0.540 e. The van der Waals surface area contributed by atoms with Crippen molar-refractivity contribution in [3.63, 3.8) is 0 Å². The van der Waals surface area contributed by atoms with Crippen molar-refractivity contribution < 1.29 is 141 Å². The Hall–Kier alpha value is -8.54. The van der Waals surface area contributed by atoms with Gasteiger partial charge in [0.15, 0.2) is 0 Å². The Morgan fingerprint density at radius 3 is 1.16 bits per heavy atom. The molecule has 30 nitrogen and oxygen atoms in total. The molecule has 7 aliphatic carbocycles. The number of nitrogens with one attached hydrogen (secondary N) is 3. The second-order valence-corrected chi connectivity index (χ2v) is 44.5. The van der Waals surface area contributed by atoms with E-state index in [1.165, 1.54) is 16.2 Å². The van der Waals surface area contributed by atoms with Crippen LogP contribution in [-0.4, -0.2) is 213 Å². The van der Waals surface area contributed by atoms with Gasteiger partial charge in [-0.15, -0.1) is 0 Å². The summed E-state index contributed by atoms with van der Waals surface area (Å²) in [5.41, 5.74) is 4.15. The first-order valence-corrected chi connectivity index (χ1v) is 49.6.